The summed E-state index contributed by atoms with van der Waals surface area (Å²) in [6.07, 6.45) is 0. The number of aromatic hydroxyl groups is 2. The smallest absolute Gasteiger partial charge is 0.261 e. The number of rotatable bonds is 4. The molecule has 0 saturated carbocycles. The minimum absolute atomic E-state index is 0.0715. The molecular weight excluding hydrogens is 208 g/mol. The lowest BCUT2D eigenvalue weighted by Gasteiger charge is -2.20. The zero-order chi connectivity index (χ0) is 12.1. The van der Waals surface area contributed by atoms with Crippen LogP contribution in [-0.2, 0) is 0 Å². The first-order valence-corrected chi connectivity index (χ1v) is 5.12. The first-order valence-electron chi connectivity index (χ1n) is 5.12. The molecule has 16 heavy (non-hydrogen) atoms. The summed E-state index contributed by atoms with van der Waals surface area (Å²) in [5.74, 6) is -0.857. The second kappa shape index (κ2) is 5.37. The molecule has 0 unspecified atom stereocenters. The normalized spacial score (nSPS) is 10.1. The number of likely N-dealkylation sites (N-methyl/N-ethyl adjacent to an activating group) is 1. The monoisotopic (exact) mass is 224 g/mol. The van der Waals surface area contributed by atoms with Gasteiger partial charge in [0.25, 0.3) is 5.91 Å². The molecule has 5 heteroatoms. The van der Waals surface area contributed by atoms with Gasteiger partial charge in [-0.3, -0.25) is 4.79 Å². The third-order valence-electron chi connectivity index (χ3n) is 2.30. The molecule has 1 aromatic rings. The van der Waals surface area contributed by atoms with Crippen LogP contribution in [0.4, 0.5) is 0 Å². The second-order valence-electron chi connectivity index (χ2n) is 3.34. The van der Waals surface area contributed by atoms with Crippen LogP contribution in [0.2, 0.25) is 0 Å². The summed E-state index contributed by atoms with van der Waals surface area (Å²) in [7, 11) is 0. The Kier molecular flexibility index (Phi) is 4.13. The van der Waals surface area contributed by atoms with Gasteiger partial charge in [-0.2, -0.15) is 0 Å². The number of hydrogen-bond donors (Lipinski definition) is 3. The molecule has 0 atom stereocenters. The minimum Gasteiger partial charge on any atom is -0.507 e. The van der Waals surface area contributed by atoms with Gasteiger partial charge >= 0.3 is 0 Å². The van der Waals surface area contributed by atoms with Gasteiger partial charge in [-0.15, -0.1) is 0 Å². The summed E-state index contributed by atoms with van der Waals surface area (Å²) >= 11 is 0. The first-order chi connectivity index (χ1) is 7.61. The highest BCUT2D eigenvalue weighted by Crippen LogP contribution is 2.27. The highest BCUT2D eigenvalue weighted by molar-refractivity contribution is 5.99. The van der Waals surface area contributed by atoms with Gasteiger partial charge in [0, 0.05) is 19.6 Å². The summed E-state index contributed by atoms with van der Waals surface area (Å²) in [4.78, 5) is 13.4. The van der Waals surface area contributed by atoms with Gasteiger partial charge in [-0.05, 0) is 19.1 Å². The minimum atomic E-state index is -0.413. The highest BCUT2D eigenvalue weighted by atomic mass is 16.3. The van der Waals surface area contributed by atoms with Crippen molar-refractivity contribution < 1.29 is 15.0 Å². The molecule has 1 amide bonds. The fourth-order valence-electron chi connectivity index (χ4n) is 1.46. The molecule has 0 saturated heterocycles. The molecule has 0 aliphatic heterocycles. The van der Waals surface area contributed by atoms with Crippen molar-refractivity contribution in [2.45, 2.75) is 6.92 Å². The van der Waals surface area contributed by atoms with E-state index in [1.165, 1.54) is 23.1 Å². The first kappa shape index (κ1) is 12.3. The van der Waals surface area contributed by atoms with E-state index in [2.05, 4.69) is 0 Å². The summed E-state index contributed by atoms with van der Waals surface area (Å²) in [6.45, 7) is 3.02. The van der Waals surface area contributed by atoms with E-state index in [1.807, 2.05) is 6.92 Å². The maximum atomic E-state index is 12.0. The Morgan fingerprint density at radius 3 is 2.38 bits per heavy atom. The number of carbonyl (C=O) groups excluding carboxylic acids is 1. The van der Waals surface area contributed by atoms with Crippen molar-refractivity contribution in [3.63, 3.8) is 0 Å². The topological polar surface area (TPSA) is 86.8 Å². The Hall–Kier alpha value is -1.75. The van der Waals surface area contributed by atoms with E-state index < -0.39 is 5.91 Å². The third kappa shape index (κ3) is 2.43. The number of benzene rings is 1. The molecule has 0 spiro atoms. The largest absolute Gasteiger partial charge is 0.507 e. The lowest BCUT2D eigenvalue weighted by Crippen LogP contribution is -2.35. The summed E-state index contributed by atoms with van der Waals surface area (Å²) in [6, 6.07) is 4.20. The van der Waals surface area contributed by atoms with Crippen LogP contribution < -0.4 is 5.73 Å². The van der Waals surface area contributed by atoms with Crippen LogP contribution >= 0.6 is 0 Å². The van der Waals surface area contributed by atoms with Gasteiger partial charge in [0.2, 0.25) is 0 Å². The van der Waals surface area contributed by atoms with E-state index in [9.17, 15) is 15.0 Å². The Morgan fingerprint density at radius 2 is 1.94 bits per heavy atom. The number of nitrogens with two attached hydrogens (primary N) is 1. The average molecular weight is 224 g/mol. The van der Waals surface area contributed by atoms with Gasteiger partial charge < -0.3 is 20.8 Å². The van der Waals surface area contributed by atoms with Gasteiger partial charge in [0.15, 0.2) is 0 Å². The van der Waals surface area contributed by atoms with Crippen LogP contribution in [0, 0.1) is 0 Å². The summed E-state index contributed by atoms with van der Waals surface area (Å²) in [5, 5.41) is 19.1. The van der Waals surface area contributed by atoms with E-state index in [4.69, 9.17) is 5.73 Å². The molecule has 1 rings (SSSR count). The Balaban J connectivity index is 3.03. The lowest BCUT2D eigenvalue weighted by molar-refractivity contribution is 0.0763. The molecule has 0 radical (unpaired) electrons. The van der Waals surface area contributed by atoms with Crippen molar-refractivity contribution in [3.05, 3.63) is 23.8 Å². The zero-order valence-corrected chi connectivity index (χ0v) is 9.18. The molecule has 0 aliphatic carbocycles. The van der Waals surface area contributed by atoms with E-state index in [0.29, 0.717) is 19.6 Å². The molecule has 4 N–H and O–H groups in total. The van der Waals surface area contributed by atoms with Crippen LogP contribution in [0.3, 0.4) is 0 Å². The van der Waals surface area contributed by atoms with Crippen molar-refractivity contribution in [1.29, 1.82) is 0 Å². The van der Waals surface area contributed by atoms with E-state index in [0.717, 1.165) is 0 Å². The molecular formula is C11H16N2O3. The predicted molar refractivity (Wildman–Crippen MR) is 60.4 cm³/mol. The van der Waals surface area contributed by atoms with Crippen LogP contribution in [0.5, 0.6) is 11.5 Å². The standard InChI is InChI=1S/C11H16N2O3/c1-2-13(7-6-12)11(16)10-8(14)4-3-5-9(10)15/h3-5,14-15H,2,6-7,12H2,1H3. The molecule has 5 nitrogen and oxygen atoms in total. The third-order valence-corrected chi connectivity index (χ3v) is 2.30. The van der Waals surface area contributed by atoms with Gasteiger partial charge in [-0.25, -0.2) is 0 Å². The molecule has 1 aromatic carbocycles. The Labute approximate surface area is 94.1 Å². The number of carbonyl (C=O) groups is 1. The lowest BCUT2D eigenvalue weighted by atomic mass is 10.1. The van der Waals surface area contributed by atoms with E-state index in [1.54, 1.807) is 0 Å². The molecule has 0 bridgehead atoms. The van der Waals surface area contributed by atoms with Gasteiger partial charge in [0.1, 0.15) is 17.1 Å². The summed E-state index contributed by atoms with van der Waals surface area (Å²) in [5.41, 5.74) is 5.31. The average Bonchev–Trinajstić information content (AvgIpc) is 2.25. The van der Waals surface area contributed by atoms with E-state index >= 15 is 0 Å². The van der Waals surface area contributed by atoms with Crippen LogP contribution in [0.25, 0.3) is 0 Å². The Morgan fingerprint density at radius 1 is 1.38 bits per heavy atom. The quantitative estimate of drug-likeness (QED) is 0.695. The number of phenolic OH excluding ortho intramolecular Hbond substituents is 2. The molecule has 0 aromatic heterocycles. The van der Waals surface area contributed by atoms with Crippen LogP contribution in [0.15, 0.2) is 18.2 Å². The molecule has 0 heterocycles. The van der Waals surface area contributed by atoms with Crippen molar-refractivity contribution >= 4 is 5.91 Å². The molecule has 88 valence electrons. The number of amides is 1. The number of hydrogen-bond acceptors (Lipinski definition) is 4. The van der Waals surface area contributed by atoms with Crippen molar-refractivity contribution in [3.8, 4) is 11.5 Å². The molecule has 0 fully saturated rings. The second-order valence-corrected chi connectivity index (χ2v) is 3.34. The highest BCUT2D eigenvalue weighted by Gasteiger charge is 2.20. The number of nitrogens with zero attached hydrogens (tertiary/aromatic N) is 1. The number of phenols is 2. The molecule has 0 aliphatic rings. The van der Waals surface area contributed by atoms with Crippen molar-refractivity contribution in [1.82, 2.24) is 4.90 Å². The maximum absolute atomic E-state index is 12.0. The van der Waals surface area contributed by atoms with Gasteiger partial charge in [-0.1, -0.05) is 6.07 Å². The summed E-state index contributed by atoms with van der Waals surface area (Å²) < 4.78 is 0. The van der Waals surface area contributed by atoms with Crippen molar-refractivity contribution in [2.24, 2.45) is 5.73 Å². The van der Waals surface area contributed by atoms with Gasteiger partial charge in [0.05, 0.1) is 0 Å². The van der Waals surface area contributed by atoms with E-state index in [-0.39, 0.29) is 17.1 Å². The predicted octanol–water partition coefficient (Wildman–Crippen LogP) is 0.519. The fraction of sp³-hybridized carbons (Fsp3) is 0.364. The van der Waals surface area contributed by atoms with Crippen LogP contribution in [0.1, 0.15) is 17.3 Å². The van der Waals surface area contributed by atoms with Crippen molar-refractivity contribution in [2.75, 3.05) is 19.6 Å². The zero-order valence-electron chi connectivity index (χ0n) is 9.18. The SMILES string of the molecule is CCN(CCN)C(=O)c1c(O)cccc1O. The Bertz CT molecular complexity index is 359. The fourth-order valence-corrected chi connectivity index (χ4v) is 1.46. The maximum Gasteiger partial charge on any atom is 0.261 e. The van der Waals surface area contributed by atoms with Crippen LogP contribution in [-0.4, -0.2) is 40.7 Å².